The van der Waals surface area contributed by atoms with Crippen molar-refractivity contribution in [2.45, 2.75) is 6.42 Å². The molecular formula is C10H14Br2N2O2S. The third kappa shape index (κ3) is 5.37. The lowest BCUT2D eigenvalue weighted by atomic mass is 10.3. The zero-order chi connectivity index (χ0) is 12.9. The van der Waals surface area contributed by atoms with E-state index in [1.165, 1.54) is 0 Å². The summed E-state index contributed by atoms with van der Waals surface area (Å²) in [5.74, 6) is 0.104. The molecule has 96 valence electrons. The second-order valence-electron chi connectivity index (χ2n) is 3.50. The van der Waals surface area contributed by atoms with Crippen LogP contribution in [0.3, 0.4) is 0 Å². The van der Waals surface area contributed by atoms with Crippen molar-refractivity contribution >= 4 is 47.6 Å². The van der Waals surface area contributed by atoms with E-state index in [0.29, 0.717) is 18.7 Å². The van der Waals surface area contributed by atoms with E-state index in [9.17, 15) is 8.42 Å². The lowest BCUT2D eigenvalue weighted by molar-refractivity contribution is 0.597. The van der Waals surface area contributed by atoms with Crippen LogP contribution in [-0.2, 0) is 10.0 Å². The molecule has 7 heteroatoms. The Labute approximate surface area is 118 Å². The van der Waals surface area contributed by atoms with Crippen molar-refractivity contribution in [3.05, 3.63) is 27.1 Å². The van der Waals surface area contributed by atoms with Crippen LogP contribution in [0.1, 0.15) is 6.42 Å². The number of anilines is 1. The van der Waals surface area contributed by atoms with Gasteiger partial charge in [-0.25, -0.2) is 8.42 Å². The highest BCUT2D eigenvalue weighted by Crippen LogP contribution is 2.27. The average Bonchev–Trinajstić information content (AvgIpc) is 2.23. The highest BCUT2D eigenvalue weighted by atomic mass is 79.9. The Bertz CT molecular complexity index is 477. The maximum absolute atomic E-state index is 11.8. The Morgan fingerprint density at radius 3 is 2.65 bits per heavy atom. The smallest absolute Gasteiger partial charge is 0.232 e. The Hall–Kier alpha value is -0.110. The fourth-order valence-corrected chi connectivity index (χ4v) is 3.20. The SMILES string of the molecule is CNCCCS(=O)(=O)Nc1cc(Br)ccc1Br. The third-order valence-corrected chi connectivity index (χ3v) is 4.58. The topological polar surface area (TPSA) is 58.2 Å². The molecule has 0 saturated carbocycles. The molecule has 0 spiro atoms. The number of benzene rings is 1. The summed E-state index contributed by atoms with van der Waals surface area (Å²) in [5.41, 5.74) is 0.545. The van der Waals surface area contributed by atoms with E-state index in [2.05, 4.69) is 41.9 Å². The molecule has 0 unspecified atom stereocenters. The summed E-state index contributed by atoms with van der Waals surface area (Å²) in [6.45, 7) is 0.681. The van der Waals surface area contributed by atoms with Crippen molar-refractivity contribution in [2.75, 3.05) is 24.1 Å². The van der Waals surface area contributed by atoms with Crippen molar-refractivity contribution in [1.82, 2.24) is 5.32 Å². The van der Waals surface area contributed by atoms with E-state index in [-0.39, 0.29) is 5.75 Å². The largest absolute Gasteiger partial charge is 0.320 e. The van der Waals surface area contributed by atoms with Crippen LogP contribution in [0.25, 0.3) is 0 Å². The lowest BCUT2D eigenvalue weighted by Gasteiger charge is -2.10. The Morgan fingerprint density at radius 1 is 1.29 bits per heavy atom. The Balaban J connectivity index is 2.72. The molecule has 2 N–H and O–H groups in total. The van der Waals surface area contributed by atoms with Crippen molar-refractivity contribution in [3.63, 3.8) is 0 Å². The van der Waals surface area contributed by atoms with Gasteiger partial charge in [-0.2, -0.15) is 0 Å². The molecule has 1 aromatic rings. The molecule has 0 bridgehead atoms. The van der Waals surface area contributed by atoms with E-state index in [1.807, 2.05) is 6.07 Å². The van der Waals surface area contributed by atoms with Crippen molar-refractivity contribution in [2.24, 2.45) is 0 Å². The summed E-state index contributed by atoms with van der Waals surface area (Å²) in [4.78, 5) is 0. The van der Waals surface area contributed by atoms with E-state index in [0.717, 1.165) is 8.95 Å². The van der Waals surface area contributed by atoms with Crippen molar-refractivity contribution in [3.8, 4) is 0 Å². The Kier molecular flexibility index (Phi) is 5.91. The molecule has 0 aliphatic rings. The van der Waals surface area contributed by atoms with Crippen LogP contribution in [0.15, 0.2) is 27.1 Å². The van der Waals surface area contributed by atoms with Gasteiger partial charge in [0, 0.05) is 8.95 Å². The predicted molar refractivity (Wildman–Crippen MR) is 77.8 cm³/mol. The van der Waals surface area contributed by atoms with Crippen LogP contribution in [0, 0.1) is 0 Å². The maximum atomic E-state index is 11.8. The second kappa shape index (κ2) is 6.72. The van der Waals surface area contributed by atoms with Crippen LogP contribution >= 0.6 is 31.9 Å². The summed E-state index contributed by atoms with van der Waals surface area (Å²) in [7, 11) is -1.49. The molecule has 1 rings (SSSR count). The first kappa shape index (κ1) is 14.9. The van der Waals surface area contributed by atoms with Gasteiger partial charge in [-0.15, -0.1) is 0 Å². The van der Waals surface area contributed by atoms with Gasteiger partial charge in [-0.05, 0) is 54.1 Å². The van der Waals surface area contributed by atoms with E-state index >= 15 is 0 Å². The molecule has 4 nitrogen and oxygen atoms in total. The quantitative estimate of drug-likeness (QED) is 0.740. The van der Waals surface area contributed by atoms with Crippen molar-refractivity contribution in [1.29, 1.82) is 0 Å². The first-order valence-corrected chi connectivity index (χ1v) is 8.28. The molecule has 0 fully saturated rings. The molecule has 0 aliphatic heterocycles. The Morgan fingerprint density at radius 2 is 2.00 bits per heavy atom. The van der Waals surface area contributed by atoms with Crippen LogP contribution < -0.4 is 10.0 Å². The van der Waals surface area contributed by atoms with Gasteiger partial charge in [0.15, 0.2) is 0 Å². The van der Waals surface area contributed by atoms with Gasteiger partial charge in [0.05, 0.1) is 11.4 Å². The highest BCUT2D eigenvalue weighted by molar-refractivity contribution is 9.11. The van der Waals surface area contributed by atoms with Crippen LogP contribution in [0.4, 0.5) is 5.69 Å². The van der Waals surface area contributed by atoms with E-state index in [4.69, 9.17) is 0 Å². The minimum absolute atomic E-state index is 0.104. The number of halogens is 2. The second-order valence-corrected chi connectivity index (χ2v) is 7.11. The minimum atomic E-state index is -3.29. The van der Waals surface area contributed by atoms with Crippen molar-refractivity contribution < 1.29 is 8.42 Å². The molecule has 0 heterocycles. The summed E-state index contributed by atoms with van der Waals surface area (Å²) < 4.78 is 27.6. The fraction of sp³-hybridized carbons (Fsp3) is 0.400. The standard InChI is InChI=1S/C10H14Br2N2O2S/c1-13-5-2-6-17(15,16)14-10-7-8(11)3-4-9(10)12/h3-4,7,13-14H,2,5-6H2,1H3. The summed E-state index contributed by atoms with van der Waals surface area (Å²) in [5, 5.41) is 2.92. The van der Waals surface area contributed by atoms with E-state index < -0.39 is 10.0 Å². The van der Waals surface area contributed by atoms with Gasteiger partial charge < -0.3 is 5.32 Å². The number of nitrogens with one attached hydrogen (secondary N) is 2. The monoisotopic (exact) mass is 384 g/mol. The summed E-state index contributed by atoms with van der Waals surface area (Å²) >= 11 is 6.61. The lowest BCUT2D eigenvalue weighted by Crippen LogP contribution is -2.20. The first-order chi connectivity index (χ1) is 7.94. The molecule has 0 saturated heterocycles. The number of sulfonamides is 1. The molecule has 17 heavy (non-hydrogen) atoms. The first-order valence-electron chi connectivity index (χ1n) is 5.05. The summed E-state index contributed by atoms with van der Waals surface area (Å²) in [6.07, 6.45) is 0.581. The van der Waals surface area contributed by atoms with E-state index in [1.54, 1.807) is 19.2 Å². The number of hydrogen-bond acceptors (Lipinski definition) is 3. The minimum Gasteiger partial charge on any atom is -0.320 e. The van der Waals surface area contributed by atoms with Gasteiger partial charge in [0.1, 0.15) is 0 Å². The molecule has 1 aromatic carbocycles. The van der Waals surface area contributed by atoms with Crippen LogP contribution in [0.5, 0.6) is 0 Å². The zero-order valence-corrected chi connectivity index (χ0v) is 13.3. The predicted octanol–water partition coefficient (Wildman–Crippen LogP) is 2.56. The van der Waals surface area contributed by atoms with Gasteiger partial charge in [-0.1, -0.05) is 15.9 Å². The average molecular weight is 386 g/mol. The molecule has 0 atom stereocenters. The number of hydrogen-bond donors (Lipinski definition) is 2. The maximum Gasteiger partial charge on any atom is 0.232 e. The molecule has 0 aliphatic carbocycles. The van der Waals surface area contributed by atoms with Gasteiger partial charge >= 0.3 is 0 Å². The molecule has 0 aromatic heterocycles. The van der Waals surface area contributed by atoms with Crippen LogP contribution in [0.2, 0.25) is 0 Å². The molecular weight excluding hydrogens is 372 g/mol. The van der Waals surface area contributed by atoms with Gasteiger partial charge in [0.25, 0.3) is 0 Å². The normalized spacial score (nSPS) is 11.5. The zero-order valence-electron chi connectivity index (χ0n) is 9.33. The summed E-state index contributed by atoms with van der Waals surface area (Å²) in [6, 6.07) is 5.35. The fourth-order valence-electron chi connectivity index (χ4n) is 1.23. The molecule has 0 radical (unpaired) electrons. The van der Waals surface area contributed by atoms with Gasteiger partial charge in [0.2, 0.25) is 10.0 Å². The highest BCUT2D eigenvalue weighted by Gasteiger charge is 2.12. The molecule has 0 amide bonds. The van der Waals surface area contributed by atoms with Crippen LogP contribution in [-0.4, -0.2) is 27.8 Å². The third-order valence-electron chi connectivity index (χ3n) is 2.03. The van der Waals surface area contributed by atoms with Gasteiger partial charge in [-0.3, -0.25) is 4.72 Å². The number of rotatable bonds is 6.